The number of carbonyl (C=O) groups excluding carboxylic acids is 2. The summed E-state index contributed by atoms with van der Waals surface area (Å²) in [6.07, 6.45) is 2.05. The normalized spacial score (nSPS) is 16.1. The van der Waals surface area contributed by atoms with Crippen molar-refractivity contribution in [3.05, 3.63) is 35.5 Å². The Kier molecular flexibility index (Phi) is 5.38. The van der Waals surface area contributed by atoms with Gasteiger partial charge in [0, 0.05) is 23.1 Å². The summed E-state index contributed by atoms with van der Waals surface area (Å²) in [7, 11) is 0. The highest BCUT2D eigenvalue weighted by Gasteiger charge is 2.25. The molecule has 25 heavy (non-hydrogen) atoms. The zero-order chi connectivity index (χ0) is 17.8. The van der Waals surface area contributed by atoms with E-state index in [-0.39, 0.29) is 12.5 Å². The van der Waals surface area contributed by atoms with Crippen molar-refractivity contribution in [1.82, 2.24) is 20.5 Å². The number of piperidine rings is 1. The van der Waals surface area contributed by atoms with E-state index in [0.29, 0.717) is 12.5 Å². The van der Waals surface area contributed by atoms with Crippen LogP contribution < -0.4 is 10.6 Å². The van der Waals surface area contributed by atoms with Gasteiger partial charge in [-0.1, -0.05) is 18.2 Å². The molecule has 2 heterocycles. The Hall–Kier alpha value is -2.34. The summed E-state index contributed by atoms with van der Waals surface area (Å²) in [5.74, 6) is 0.270. The van der Waals surface area contributed by atoms with Crippen LogP contribution in [0.25, 0.3) is 10.9 Å². The Labute approximate surface area is 148 Å². The zero-order valence-corrected chi connectivity index (χ0v) is 14.9. The minimum Gasteiger partial charge on any atom is -0.358 e. The van der Waals surface area contributed by atoms with E-state index in [9.17, 15) is 9.59 Å². The van der Waals surface area contributed by atoms with E-state index in [0.717, 1.165) is 25.9 Å². The molecular formula is C19H26N4O2. The van der Waals surface area contributed by atoms with Crippen LogP contribution in [0.15, 0.2) is 24.3 Å². The molecule has 0 atom stereocenters. The number of benzene rings is 1. The van der Waals surface area contributed by atoms with Crippen molar-refractivity contribution in [2.24, 2.45) is 0 Å². The molecule has 1 aliphatic rings. The van der Waals surface area contributed by atoms with Gasteiger partial charge in [-0.25, -0.2) is 4.79 Å². The third-order valence-electron chi connectivity index (χ3n) is 4.90. The predicted molar refractivity (Wildman–Crippen MR) is 98.7 cm³/mol. The van der Waals surface area contributed by atoms with Crippen LogP contribution in [-0.4, -0.2) is 48.0 Å². The van der Waals surface area contributed by atoms with Crippen molar-refractivity contribution in [1.29, 1.82) is 0 Å². The quantitative estimate of drug-likeness (QED) is 0.799. The third kappa shape index (κ3) is 4.02. The van der Waals surface area contributed by atoms with Crippen LogP contribution in [0.5, 0.6) is 0 Å². The molecule has 0 radical (unpaired) electrons. The average molecular weight is 342 g/mol. The predicted octanol–water partition coefficient (Wildman–Crippen LogP) is 2.50. The van der Waals surface area contributed by atoms with Gasteiger partial charge < -0.3 is 10.3 Å². The van der Waals surface area contributed by atoms with Gasteiger partial charge in [0.25, 0.3) is 0 Å². The number of aromatic amines is 1. The fraction of sp³-hybridized carbons (Fsp3) is 0.474. The summed E-state index contributed by atoms with van der Waals surface area (Å²) in [5.41, 5.74) is 3.86. The lowest BCUT2D eigenvalue weighted by molar-refractivity contribution is -0.121. The van der Waals surface area contributed by atoms with Crippen molar-refractivity contribution in [2.75, 3.05) is 26.2 Å². The Bertz CT molecular complexity index is 760. The molecule has 0 bridgehead atoms. The number of aromatic nitrogens is 1. The number of likely N-dealkylation sites (tertiary alicyclic amines) is 1. The minimum absolute atomic E-state index is 0.243. The van der Waals surface area contributed by atoms with Crippen molar-refractivity contribution >= 4 is 22.8 Å². The van der Waals surface area contributed by atoms with E-state index in [4.69, 9.17) is 0 Å². The second kappa shape index (κ2) is 7.70. The molecule has 3 rings (SSSR count). The van der Waals surface area contributed by atoms with Gasteiger partial charge in [0.15, 0.2) is 0 Å². The highest BCUT2D eigenvalue weighted by molar-refractivity contribution is 5.95. The fourth-order valence-corrected chi connectivity index (χ4v) is 3.78. The molecule has 1 aromatic heterocycles. The van der Waals surface area contributed by atoms with Gasteiger partial charge in [-0.15, -0.1) is 0 Å². The van der Waals surface area contributed by atoms with Crippen LogP contribution >= 0.6 is 0 Å². The Morgan fingerprint density at radius 1 is 1.24 bits per heavy atom. The molecular weight excluding hydrogens is 316 g/mol. The monoisotopic (exact) mass is 342 g/mol. The van der Waals surface area contributed by atoms with E-state index in [1.165, 1.54) is 22.2 Å². The van der Waals surface area contributed by atoms with E-state index in [2.05, 4.69) is 51.7 Å². The first-order valence-corrected chi connectivity index (χ1v) is 8.95. The molecule has 1 aliphatic heterocycles. The number of nitrogens with zero attached hydrogens (tertiary/aromatic N) is 1. The van der Waals surface area contributed by atoms with Gasteiger partial charge in [-0.3, -0.25) is 15.0 Å². The SMILES string of the molecule is CCNC(=O)NC(=O)CN1CCC(c2c(C)[nH]c3ccccc23)CC1. The van der Waals surface area contributed by atoms with E-state index < -0.39 is 6.03 Å². The summed E-state index contributed by atoms with van der Waals surface area (Å²) in [6.45, 7) is 6.48. The maximum absolute atomic E-state index is 11.9. The third-order valence-corrected chi connectivity index (χ3v) is 4.90. The molecule has 6 nitrogen and oxygen atoms in total. The van der Waals surface area contributed by atoms with Crippen molar-refractivity contribution < 1.29 is 9.59 Å². The van der Waals surface area contributed by atoms with E-state index in [1.807, 2.05) is 6.92 Å². The highest BCUT2D eigenvalue weighted by Crippen LogP contribution is 2.35. The van der Waals surface area contributed by atoms with E-state index >= 15 is 0 Å². The second-order valence-electron chi connectivity index (χ2n) is 6.67. The summed E-state index contributed by atoms with van der Waals surface area (Å²) < 4.78 is 0. The molecule has 3 N–H and O–H groups in total. The standard InChI is InChI=1S/C19H26N4O2/c1-3-20-19(25)22-17(24)12-23-10-8-14(9-11-23)18-13(2)21-16-7-5-4-6-15(16)18/h4-7,14,21H,3,8-12H2,1-2H3,(H2,20,22,24,25). The number of aryl methyl sites for hydroxylation is 1. The summed E-state index contributed by atoms with van der Waals surface area (Å²) in [4.78, 5) is 28.9. The van der Waals surface area contributed by atoms with Crippen molar-refractivity contribution in [3.63, 3.8) is 0 Å². The van der Waals surface area contributed by atoms with Gasteiger partial charge in [0.1, 0.15) is 0 Å². The molecule has 2 aromatic rings. The molecule has 3 amide bonds. The molecule has 0 saturated carbocycles. The first-order chi connectivity index (χ1) is 12.1. The number of amides is 3. The Morgan fingerprint density at radius 3 is 2.68 bits per heavy atom. The maximum Gasteiger partial charge on any atom is 0.321 e. The van der Waals surface area contributed by atoms with Crippen molar-refractivity contribution in [2.45, 2.75) is 32.6 Å². The largest absolute Gasteiger partial charge is 0.358 e. The molecule has 0 aliphatic carbocycles. The lowest BCUT2D eigenvalue weighted by Gasteiger charge is -2.31. The van der Waals surface area contributed by atoms with Gasteiger partial charge in [-0.05, 0) is 57.3 Å². The van der Waals surface area contributed by atoms with Crippen LogP contribution in [0.1, 0.15) is 36.9 Å². The topological polar surface area (TPSA) is 77.2 Å². The molecule has 0 spiro atoms. The number of rotatable bonds is 4. The van der Waals surface area contributed by atoms with E-state index in [1.54, 1.807) is 0 Å². The number of hydrogen-bond donors (Lipinski definition) is 3. The number of fused-ring (bicyclic) bond motifs is 1. The maximum atomic E-state index is 11.9. The number of H-pyrrole nitrogens is 1. The molecule has 1 saturated heterocycles. The summed E-state index contributed by atoms with van der Waals surface area (Å²) in [6, 6.07) is 8.02. The highest BCUT2D eigenvalue weighted by atomic mass is 16.2. The van der Waals surface area contributed by atoms with Gasteiger partial charge in [0.2, 0.25) is 5.91 Å². The molecule has 1 aromatic carbocycles. The number of para-hydroxylation sites is 1. The molecule has 134 valence electrons. The molecule has 0 unspecified atom stereocenters. The Morgan fingerprint density at radius 2 is 1.96 bits per heavy atom. The van der Waals surface area contributed by atoms with Crippen LogP contribution in [0.4, 0.5) is 4.79 Å². The second-order valence-corrected chi connectivity index (χ2v) is 6.67. The summed E-state index contributed by atoms with van der Waals surface area (Å²) in [5, 5.41) is 6.25. The Balaban J connectivity index is 1.57. The minimum atomic E-state index is -0.420. The number of hydrogen-bond acceptors (Lipinski definition) is 3. The average Bonchev–Trinajstić information content (AvgIpc) is 2.91. The lowest BCUT2D eigenvalue weighted by atomic mass is 9.87. The number of nitrogens with one attached hydrogen (secondary N) is 3. The van der Waals surface area contributed by atoms with Gasteiger partial charge >= 0.3 is 6.03 Å². The van der Waals surface area contributed by atoms with Gasteiger partial charge in [0.05, 0.1) is 6.54 Å². The van der Waals surface area contributed by atoms with Crippen LogP contribution in [0.3, 0.4) is 0 Å². The number of urea groups is 1. The lowest BCUT2D eigenvalue weighted by Crippen LogP contribution is -2.46. The summed E-state index contributed by atoms with van der Waals surface area (Å²) >= 11 is 0. The zero-order valence-electron chi connectivity index (χ0n) is 14.9. The fourth-order valence-electron chi connectivity index (χ4n) is 3.78. The van der Waals surface area contributed by atoms with Gasteiger partial charge in [-0.2, -0.15) is 0 Å². The smallest absolute Gasteiger partial charge is 0.321 e. The molecule has 1 fully saturated rings. The molecule has 6 heteroatoms. The van der Waals surface area contributed by atoms with Crippen LogP contribution in [0, 0.1) is 6.92 Å². The number of imide groups is 1. The first-order valence-electron chi connectivity index (χ1n) is 8.95. The number of carbonyl (C=O) groups is 2. The van der Waals surface area contributed by atoms with Crippen molar-refractivity contribution in [3.8, 4) is 0 Å². The van der Waals surface area contributed by atoms with Crippen LogP contribution in [-0.2, 0) is 4.79 Å². The first kappa shape index (κ1) is 17.5. The van der Waals surface area contributed by atoms with Crippen LogP contribution in [0.2, 0.25) is 0 Å².